The number of hydrogen-bond acceptors (Lipinski definition) is 5. The van der Waals surface area contributed by atoms with Gasteiger partial charge in [0.15, 0.2) is 0 Å². The van der Waals surface area contributed by atoms with Gasteiger partial charge >= 0.3 is 0 Å². The fourth-order valence-corrected chi connectivity index (χ4v) is 4.17. The first kappa shape index (κ1) is 24.1. The van der Waals surface area contributed by atoms with Crippen LogP contribution in [0.5, 0.6) is 11.5 Å². The fraction of sp³-hybridized carbons (Fsp3) is 0.417. The summed E-state index contributed by atoms with van der Waals surface area (Å²) in [5.41, 5.74) is 2.29. The van der Waals surface area contributed by atoms with Crippen LogP contribution in [0.2, 0.25) is 0 Å². The first-order valence-electron chi connectivity index (χ1n) is 10.1. The molecule has 0 fully saturated rings. The molecular formula is C24H32O2S3. The van der Waals surface area contributed by atoms with E-state index in [1.54, 1.807) is 18.9 Å². The van der Waals surface area contributed by atoms with Crippen LogP contribution in [0, 0.1) is 5.92 Å². The number of ether oxygens (including phenoxy) is 2. The molecule has 2 rings (SSSR count). The van der Waals surface area contributed by atoms with Crippen molar-refractivity contribution in [1.82, 2.24) is 0 Å². The van der Waals surface area contributed by atoms with Gasteiger partial charge in [-0.15, -0.1) is 25.3 Å². The summed E-state index contributed by atoms with van der Waals surface area (Å²) in [5, 5.41) is 0. The van der Waals surface area contributed by atoms with Crippen LogP contribution in [0.3, 0.4) is 0 Å². The van der Waals surface area contributed by atoms with Crippen molar-refractivity contribution >= 4 is 41.9 Å². The molecule has 2 nitrogen and oxygen atoms in total. The maximum absolute atomic E-state index is 6.13. The lowest BCUT2D eigenvalue weighted by Crippen LogP contribution is -2.04. The molecular weight excluding hydrogens is 416 g/mol. The maximum atomic E-state index is 6.13. The van der Waals surface area contributed by atoms with E-state index in [2.05, 4.69) is 45.9 Å². The van der Waals surface area contributed by atoms with Gasteiger partial charge in [0.05, 0.1) is 18.0 Å². The Morgan fingerprint density at radius 2 is 1.72 bits per heavy atom. The van der Waals surface area contributed by atoms with Gasteiger partial charge in [-0.3, -0.25) is 0 Å². The number of hydrogen-bond donors (Lipinski definition) is 2. The molecule has 0 aliphatic carbocycles. The molecule has 0 N–H and O–H groups in total. The van der Waals surface area contributed by atoms with Crippen LogP contribution >= 0.6 is 37.0 Å². The van der Waals surface area contributed by atoms with Gasteiger partial charge in [0.25, 0.3) is 0 Å². The molecule has 0 amide bonds. The minimum absolute atomic E-state index is 0.484. The molecule has 158 valence electrons. The predicted molar refractivity (Wildman–Crippen MR) is 134 cm³/mol. The zero-order chi connectivity index (χ0) is 21.4. The molecule has 0 saturated carbocycles. The van der Waals surface area contributed by atoms with Crippen LogP contribution in [-0.4, -0.2) is 13.7 Å². The molecule has 1 unspecified atom stereocenters. The van der Waals surface area contributed by atoms with E-state index in [9.17, 15) is 0 Å². The summed E-state index contributed by atoms with van der Waals surface area (Å²) < 4.78 is 12.2. The summed E-state index contributed by atoms with van der Waals surface area (Å²) in [6, 6.07) is 14.4. The number of thiol groups is 2. The third-order valence-electron chi connectivity index (χ3n) is 4.87. The SMILES string of the molecule is CCC(C)c1ccc(OCCC(C)C)c(C(S)=C(S)Sc2ccc(OC)cc2)c1. The first-order valence-corrected chi connectivity index (χ1v) is 11.8. The van der Waals surface area contributed by atoms with E-state index in [1.165, 1.54) is 5.56 Å². The largest absolute Gasteiger partial charge is 0.497 e. The van der Waals surface area contributed by atoms with E-state index in [-0.39, 0.29) is 0 Å². The molecule has 2 aromatic carbocycles. The highest BCUT2D eigenvalue weighted by Gasteiger charge is 2.14. The third-order valence-corrected chi connectivity index (χ3v) is 7.06. The van der Waals surface area contributed by atoms with E-state index < -0.39 is 0 Å². The molecule has 0 aromatic heterocycles. The van der Waals surface area contributed by atoms with E-state index in [4.69, 9.17) is 34.7 Å². The van der Waals surface area contributed by atoms with Gasteiger partial charge < -0.3 is 9.47 Å². The fourth-order valence-electron chi connectivity index (χ4n) is 2.72. The predicted octanol–water partition coefficient (Wildman–Crippen LogP) is 7.91. The quantitative estimate of drug-likeness (QED) is 0.284. The average molecular weight is 449 g/mol. The minimum Gasteiger partial charge on any atom is -0.497 e. The van der Waals surface area contributed by atoms with Crippen molar-refractivity contribution in [3.05, 3.63) is 57.8 Å². The van der Waals surface area contributed by atoms with Gasteiger partial charge in [-0.05, 0) is 66.6 Å². The molecule has 2 aromatic rings. The summed E-state index contributed by atoms with van der Waals surface area (Å²) in [5.74, 6) is 2.80. The van der Waals surface area contributed by atoms with Crippen LogP contribution in [0.1, 0.15) is 57.6 Å². The smallest absolute Gasteiger partial charge is 0.127 e. The van der Waals surface area contributed by atoms with Gasteiger partial charge in [0, 0.05) is 15.4 Å². The number of methoxy groups -OCH3 is 1. The number of thioether (sulfide) groups is 1. The van der Waals surface area contributed by atoms with E-state index in [1.807, 2.05) is 24.3 Å². The molecule has 0 saturated heterocycles. The Morgan fingerprint density at radius 3 is 2.31 bits per heavy atom. The van der Waals surface area contributed by atoms with Gasteiger partial charge in [-0.25, -0.2) is 0 Å². The standard InChI is InChI=1S/C24H32O2S3/c1-6-17(4)18-7-12-22(26-14-13-16(2)3)21(15-18)23(27)24(28)29-20-10-8-19(25-5)9-11-20/h7-12,15-17,27-28H,6,13-14H2,1-5H3. The first-order chi connectivity index (χ1) is 13.8. The second-order valence-corrected chi connectivity index (χ2v) is 9.81. The molecule has 0 heterocycles. The zero-order valence-corrected chi connectivity index (χ0v) is 20.5. The van der Waals surface area contributed by atoms with Crippen molar-refractivity contribution in [1.29, 1.82) is 0 Å². The lowest BCUT2D eigenvalue weighted by molar-refractivity contribution is 0.289. The van der Waals surface area contributed by atoms with Gasteiger partial charge in [0.1, 0.15) is 11.5 Å². The summed E-state index contributed by atoms with van der Waals surface area (Å²) in [4.78, 5) is 1.92. The summed E-state index contributed by atoms with van der Waals surface area (Å²) in [6.45, 7) is 9.56. The van der Waals surface area contributed by atoms with Crippen LogP contribution in [0.4, 0.5) is 0 Å². The van der Waals surface area contributed by atoms with Gasteiger partial charge in [0.2, 0.25) is 0 Å². The van der Waals surface area contributed by atoms with Crippen LogP contribution in [0.25, 0.3) is 4.91 Å². The van der Waals surface area contributed by atoms with Crippen LogP contribution < -0.4 is 9.47 Å². The normalized spacial score (nSPS) is 13.2. The van der Waals surface area contributed by atoms with E-state index >= 15 is 0 Å². The van der Waals surface area contributed by atoms with Gasteiger partial charge in [-0.2, -0.15) is 0 Å². The molecule has 0 aliphatic heterocycles. The Labute approximate surface area is 191 Å². The summed E-state index contributed by atoms with van der Waals surface area (Å²) in [7, 11) is 1.67. The van der Waals surface area contributed by atoms with Crippen LogP contribution in [-0.2, 0) is 0 Å². The minimum atomic E-state index is 0.484. The van der Waals surface area contributed by atoms with Crippen molar-refractivity contribution in [3.63, 3.8) is 0 Å². The molecule has 5 heteroatoms. The topological polar surface area (TPSA) is 18.5 Å². The highest BCUT2D eigenvalue weighted by atomic mass is 32.2. The molecule has 0 aliphatic rings. The third kappa shape index (κ3) is 7.23. The van der Waals surface area contributed by atoms with Crippen LogP contribution in [0.15, 0.2) is 51.6 Å². The monoisotopic (exact) mass is 448 g/mol. The molecule has 0 radical (unpaired) electrons. The summed E-state index contributed by atoms with van der Waals surface area (Å²) >= 11 is 11.2. The summed E-state index contributed by atoms with van der Waals surface area (Å²) in [6.07, 6.45) is 2.11. The molecule has 0 spiro atoms. The van der Waals surface area contributed by atoms with Crippen molar-refractivity contribution in [2.45, 2.75) is 51.3 Å². The average Bonchev–Trinajstić information content (AvgIpc) is 2.73. The second-order valence-electron chi connectivity index (χ2n) is 7.53. The van der Waals surface area contributed by atoms with Crippen molar-refractivity contribution in [3.8, 4) is 11.5 Å². The highest BCUT2D eigenvalue weighted by Crippen LogP contribution is 2.41. The Bertz CT molecular complexity index is 813. The lowest BCUT2D eigenvalue weighted by atomic mass is 9.96. The van der Waals surface area contributed by atoms with Crippen molar-refractivity contribution < 1.29 is 9.47 Å². The van der Waals surface area contributed by atoms with Crippen molar-refractivity contribution in [2.24, 2.45) is 5.92 Å². The van der Waals surface area contributed by atoms with Crippen molar-refractivity contribution in [2.75, 3.05) is 13.7 Å². The Balaban J connectivity index is 2.33. The maximum Gasteiger partial charge on any atom is 0.127 e. The Morgan fingerprint density at radius 1 is 1.03 bits per heavy atom. The number of benzene rings is 2. The number of rotatable bonds is 10. The van der Waals surface area contributed by atoms with E-state index in [0.29, 0.717) is 18.4 Å². The molecule has 29 heavy (non-hydrogen) atoms. The molecule has 0 bridgehead atoms. The second kappa shape index (κ2) is 11.9. The zero-order valence-electron chi connectivity index (χ0n) is 17.9. The highest BCUT2D eigenvalue weighted by molar-refractivity contribution is 8.17. The Kier molecular flexibility index (Phi) is 9.87. The Hall–Kier alpha value is -1.17. The van der Waals surface area contributed by atoms with E-state index in [0.717, 1.165) is 43.9 Å². The molecule has 1 atom stereocenters. The lowest BCUT2D eigenvalue weighted by Gasteiger charge is -2.17. The van der Waals surface area contributed by atoms with Gasteiger partial charge in [-0.1, -0.05) is 45.5 Å².